The smallest absolute Gasteiger partial charge is 0.128 e. The van der Waals surface area contributed by atoms with Crippen LogP contribution in [0, 0.1) is 0 Å². The maximum absolute atomic E-state index is 10.5. The molecule has 0 atom stereocenters. The monoisotopic (exact) mass is 174 g/mol. The summed E-state index contributed by atoms with van der Waals surface area (Å²) in [4.78, 5) is 10.5. The molecule has 0 aromatic rings. The van der Waals surface area contributed by atoms with E-state index in [1.165, 1.54) is 0 Å². The molecule has 0 heterocycles. The highest BCUT2D eigenvalue weighted by molar-refractivity contribution is 5.72. The van der Waals surface area contributed by atoms with Crippen LogP contribution in [0.1, 0.15) is 6.42 Å². The fourth-order valence-electron chi connectivity index (χ4n) is 1.43. The molecule has 66 valence electrons. The van der Waals surface area contributed by atoms with Crippen molar-refractivity contribution >= 4 is 5.94 Å². The van der Waals surface area contributed by atoms with Crippen LogP contribution in [0.2, 0.25) is 0 Å². The van der Waals surface area contributed by atoms with E-state index in [1.807, 2.05) is 36.3 Å². The van der Waals surface area contributed by atoms with Crippen molar-refractivity contribution in [1.29, 1.82) is 0 Å². The highest BCUT2D eigenvalue weighted by Crippen LogP contribution is 2.30. The standard InChI is InChI=1S/C11H8O.H2O/c12-8-10-7-6-9-4-2-1-3-5-11(9)10;/h1-6H,7H2;1H2. The second-order valence-corrected chi connectivity index (χ2v) is 2.77. The molecule has 0 aliphatic heterocycles. The fraction of sp³-hybridized carbons (Fsp3) is 0.0909. The Morgan fingerprint density at radius 2 is 2.08 bits per heavy atom. The van der Waals surface area contributed by atoms with Gasteiger partial charge in [0, 0.05) is 12.0 Å². The van der Waals surface area contributed by atoms with Gasteiger partial charge in [-0.1, -0.05) is 36.5 Å². The van der Waals surface area contributed by atoms with Crippen molar-refractivity contribution in [3.8, 4) is 0 Å². The van der Waals surface area contributed by atoms with Gasteiger partial charge in [-0.05, 0) is 11.1 Å². The van der Waals surface area contributed by atoms with Crippen molar-refractivity contribution in [2.75, 3.05) is 0 Å². The van der Waals surface area contributed by atoms with Crippen molar-refractivity contribution in [1.82, 2.24) is 0 Å². The van der Waals surface area contributed by atoms with Crippen LogP contribution in [0.5, 0.6) is 0 Å². The maximum Gasteiger partial charge on any atom is 0.128 e. The van der Waals surface area contributed by atoms with Gasteiger partial charge in [-0.15, -0.1) is 0 Å². The van der Waals surface area contributed by atoms with E-state index < -0.39 is 0 Å². The molecule has 2 aliphatic carbocycles. The molecule has 0 unspecified atom stereocenters. The minimum Gasteiger partial charge on any atom is -0.412 e. The first kappa shape index (κ1) is 9.46. The Hall–Kier alpha value is -1.63. The van der Waals surface area contributed by atoms with Gasteiger partial charge in [0.1, 0.15) is 5.94 Å². The van der Waals surface area contributed by atoms with Crippen molar-refractivity contribution in [3.63, 3.8) is 0 Å². The van der Waals surface area contributed by atoms with Gasteiger partial charge in [0.25, 0.3) is 0 Å². The topological polar surface area (TPSA) is 48.6 Å². The third-order valence-corrected chi connectivity index (χ3v) is 2.05. The van der Waals surface area contributed by atoms with Crippen molar-refractivity contribution < 1.29 is 10.3 Å². The molecular weight excluding hydrogens is 164 g/mol. The van der Waals surface area contributed by atoms with Gasteiger partial charge in [-0.2, -0.15) is 0 Å². The van der Waals surface area contributed by atoms with Crippen LogP contribution in [0.4, 0.5) is 0 Å². The zero-order valence-corrected chi connectivity index (χ0v) is 7.08. The second kappa shape index (κ2) is 3.85. The van der Waals surface area contributed by atoms with Gasteiger partial charge in [-0.25, -0.2) is 4.79 Å². The zero-order chi connectivity index (χ0) is 8.39. The normalized spacial score (nSPS) is 18.0. The molecule has 0 spiro atoms. The minimum atomic E-state index is 0. The van der Waals surface area contributed by atoms with Crippen LogP contribution in [0.25, 0.3) is 0 Å². The molecule has 0 aromatic carbocycles. The first-order chi connectivity index (χ1) is 5.92. The van der Waals surface area contributed by atoms with Crippen LogP contribution in [-0.4, -0.2) is 11.4 Å². The lowest BCUT2D eigenvalue weighted by Crippen LogP contribution is -1.83. The lowest BCUT2D eigenvalue weighted by atomic mass is 10.1. The van der Waals surface area contributed by atoms with Crippen molar-refractivity contribution in [3.05, 3.63) is 53.2 Å². The van der Waals surface area contributed by atoms with Crippen LogP contribution in [0.3, 0.4) is 0 Å². The summed E-state index contributed by atoms with van der Waals surface area (Å²) in [6, 6.07) is 0. The van der Waals surface area contributed by atoms with E-state index in [4.69, 9.17) is 0 Å². The maximum atomic E-state index is 10.5. The quantitative estimate of drug-likeness (QED) is 0.510. The highest BCUT2D eigenvalue weighted by Gasteiger charge is 2.15. The van der Waals surface area contributed by atoms with Crippen LogP contribution >= 0.6 is 0 Å². The van der Waals surface area contributed by atoms with E-state index >= 15 is 0 Å². The third-order valence-electron chi connectivity index (χ3n) is 2.05. The Kier molecular flexibility index (Phi) is 2.80. The predicted octanol–water partition coefficient (Wildman–Crippen LogP) is 1.30. The van der Waals surface area contributed by atoms with Gasteiger partial charge in [0.05, 0.1) is 0 Å². The summed E-state index contributed by atoms with van der Waals surface area (Å²) < 4.78 is 0. The highest BCUT2D eigenvalue weighted by atomic mass is 16.1. The SMILES string of the molecule is O.O=C=C1CC=C2C=CC=CC=C12. The Balaban J connectivity index is 0.000000845. The molecular formula is C11H10O2. The summed E-state index contributed by atoms with van der Waals surface area (Å²) in [5, 5.41) is 0. The summed E-state index contributed by atoms with van der Waals surface area (Å²) in [7, 11) is 0. The van der Waals surface area contributed by atoms with Gasteiger partial charge >= 0.3 is 0 Å². The Labute approximate surface area is 76.6 Å². The first-order valence-corrected chi connectivity index (χ1v) is 3.92. The van der Waals surface area contributed by atoms with Gasteiger partial charge in [-0.3, -0.25) is 0 Å². The average molecular weight is 174 g/mol. The Bertz CT molecular complexity index is 375. The molecule has 0 aromatic heterocycles. The molecule has 0 amide bonds. The number of carbonyl (C=O) groups excluding carboxylic acids is 1. The molecule has 2 N–H and O–H groups in total. The van der Waals surface area contributed by atoms with Crippen LogP contribution in [0.15, 0.2) is 53.2 Å². The number of hydrogen-bond acceptors (Lipinski definition) is 1. The fourth-order valence-corrected chi connectivity index (χ4v) is 1.43. The van der Waals surface area contributed by atoms with E-state index in [0.29, 0.717) is 0 Å². The van der Waals surface area contributed by atoms with Crippen LogP contribution < -0.4 is 0 Å². The number of fused-ring (bicyclic) bond motifs is 1. The average Bonchev–Trinajstić information content (AvgIpc) is 2.33. The van der Waals surface area contributed by atoms with Gasteiger partial charge in [0.2, 0.25) is 0 Å². The number of allylic oxidation sites excluding steroid dienone is 9. The van der Waals surface area contributed by atoms with Crippen molar-refractivity contribution in [2.45, 2.75) is 6.42 Å². The van der Waals surface area contributed by atoms with Crippen molar-refractivity contribution in [2.24, 2.45) is 0 Å². The molecule has 13 heavy (non-hydrogen) atoms. The number of hydrogen-bond donors (Lipinski definition) is 0. The second-order valence-electron chi connectivity index (χ2n) is 2.77. The lowest BCUT2D eigenvalue weighted by molar-refractivity contribution is 0.567. The summed E-state index contributed by atoms with van der Waals surface area (Å²) >= 11 is 0. The lowest BCUT2D eigenvalue weighted by Gasteiger charge is -1.96. The number of rotatable bonds is 0. The largest absolute Gasteiger partial charge is 0.412 e. The molecule has 0 saturated heterocycles. The zero-order valence-electron chi connectivity index (χ0n) is 7.08. The Morgan fingerprint density at radius 3 is 2.85 bits per heavy atom. The van der Waals surface area contributed by atoms with E-state index in [-0.39, 0.29) is 5.48 Å². The first-order valence-electron chi connectivity index (χ1n) is 3.92. The third kappa shape index (κ3) is 1.59. The molecule has 2 heteroatoms. The molecule has 2 rings (SSSR count). The van der Waals surface area contributed by atoms with E-state index in [9.17, 15) is 4.79 Å². The van der Waals surface area contributed by atoms with Crippen LogP contribution in [-0.2, 0) is 4.79 Å². The molecule has 2 aliphatic rings. The van der Waals surface area contributed by atoms with E-state index in [1.54, 1.807) is 0 Å². The summed E-state index contributed by atoms with van der Waals surface area (Å²) in [5.74, 6) is 1.97. The molecule has 0 saturated carbocycles. The Morgan fingerprint density at radius 1 is 1.23 bits per heavy atom. The van der Waals surface area contributed by atoms with Gasteiger partial charge < -0.3 is 5.48 Å². The molecule has 0 fully saturated rings. The summed E-state index contributed by atoms with van der Waals surface area (Å²) in [5.41, 5.74) is 2.93. The summed E-state index contributed by atoms with van der Waals surface area (Å²) in [6.07, 6.45) is 12.6. The molecule has 0 bridgehead atoms. The minimum absolute atomic E-state index is 0. The van der Waals surface area contributed by atoms with E-state index in [2.05, 4.69) is 6.08 Å². The predicted molar refractivity (Wildman–Crippen MR) is 51.9 cm³/mol. The van der Waals surface area contributed by atoms with E-state index in [0.717, 1.165) is 23.1 Å². The van der Waals surface area contributed by atoms with Gasteiger partial charge in [0.15, 0.2) is 0 Å². The summed E-state index contributed by atoms with van der Waals surface area (Å²) in [6.45, 7) is 0. The molecule has 0 radical (unpaired) electrons. The molecule has 2 nitrogen and oxygen atoms in total.